The summed E-state index contributed by atoms with van der Waals surface area (Å²) in [6, 6.07) is 57.0. The van der Waals surface area contributed by atoms with Gasteiger partial charge in [0.05, 0.1) is 0 Å². The topological polar surface area (TPSA) is 0 Å². The fourth-order valence-electron chi connectivity index (χ4n) is 8.27. The molecule has 0 spiro atoms. The third-order valence-corrected chi connectivity index (χ3v) is 11.0. The Bertz CT molecular complexity index is 2660. The fraction of sp³-hybridized carbons (Fsp3) is 0.143. The van der Waals surface area contributed by atoms with Crippen molar-refractivity contribution in [3.8, 4) is 33.4 Å². The van der Waals surface area contributed by atoms with Gasteiger partial charge in [0, 0.05) is 5.41 Å². The van der Waals surface area contributed by atoms with Crippen molar-refractivity contribution in [1.29, 1.82) is 0 Å². The molecular formula is C49H40. The van der Waals surface area contributed by atoms with Gasteiger partial charge in [0.1, 0.15) is 0 Å². The van der Waals surface area contributed by atoms with Crippen molar-refractivity contribution in [3.05, 3.63) is 168 Å². The van der Waals surface area contributed by atoms with Gasteiger partial charge in [0.2, 0.25) is 0 Å². The molecule has 8 aromatic carbocycles. The van der Waals surface area contributed by atoms with E-state index in [0.29, 0.717) is 0 Å². The Labute approximate surface area is 289 Å². The van der Waals surface area contributed by atoms with Crippen LogP contribution in [-0.4, -0.2) is 0 Å². The summed E-state index contributed by atoms with van der Waals surface area (Å²) in [4.78, 5) is 0. The predicted octanol–water partition coefficient (Wildman–Crippen LogP) is 13.8. The summed E-state index contributed by atoms with van der Waals surface area (Å²) in [6.07, 6.45) is 0. The molecule has 0 N–H and O–H groups in total. The van der Waals surface area contributed by atoms with Gasteiger partial charge in [0.25, 0.3) is 0 Å². The second kappa shape index (κ2) is 10.8. The molecule has 0 saturated carbocycles. The molecule has 0 aliphatic heterocycles. The van der Waals surface area contributed by atoms with Gasteiger partial charge in [-0.25, -0.2) is 0 Å². The summed E-state index contributed by atoms with van der Waals surface area (Å²) in [7, 11) is 0. The highest BCUT2D eigenvalue weighted by atomic mass is 14.4. The first-order valence-electron chi connectivity index (χ1n) is 17.5. The fourth-order valence-corrected chi connectivity index (χ4v) is 8.27. The van der Waals surface area contributed by atoms with Crippen LogP contribution in [0.4, 0.5) is 0 Å². The maximum absolute atomic E-state index is 2.42. The smallest absolute Gasteiger partial charge is 0.0159 e. The largest absolute Gasteiger partial charge is 0.0622 e. The van der Waals surface area contributed by atoms with Crippen molar-refractivity contribution >= 4 is 43.1 Å². The van der Waals surface area contributed by atoms with E-state index in [-0.39, 0.29) is 10.8 Å². The van der Waals surface area contributed by atoms with Crippen molar-refractivity contribution in [3.63, 3.8) is 0 Å². The molecule has 0 heterocycles. The average Bonchev–Trinajstić information content (AvgIpc) is 3.34. The van der Waals surface area contributed by atoms with E-state index in [1.54, 1.807) is 0 Å². The quantitative estimate of drug-likeness (QED) is 0.167. The lowest BCUT2D eigenvalue weighted by Gasteiger charge is -2.22. The third-order valence-electron chi connectivity index (χ3n) is 11.0. The minimum Gasteiger partial charge on any atom is -0.0622 e. The summed E-state index contributed by atoms with van der Waals surface area (Å²) < 4.78 is 0. The predicted molar refractivity (Wildman–Crippen MR) is 212 cm³/mol. The molecule has 0 radical (unpaired) electrons. The van der Waals surface area contributed by atoms with Gasteiger partial charge in [-0.15, -0.1) is 0 Å². The maximum Gasteiger partial charge on any atom is 0.0159 e. The summed E-state index contributed by atoms with van der Waals surface area (Å²) in [6.45, 7) is 11.6. The zero-order valence-corrected chi connectivity index (χ0v) is 28.9. The van der Waals surface area contributed by atoms with E-state index in [2.05, 4.69) is 186 Å². The van der Waals surface area contributed by atoms with Crippen LogP contribution in [0.15, 0.2) is 152 Å². The molecule has 1 aliphatic carbocycles. The van der Waals surface area contributed by atoms with E-state index >= 15 is 0 Å². The molecular weight excluding hydrogens is 589 g/mol. The molecule has 49 heavy (non-hydrogen) atoms. The minimum atomic E-state index is -0.00791. The Morgan fingerprint density at radius 3 is 1.67 bits per heavy atom. The van der Waals surface area contributed by atoms with Crippen molar-refractivity contribution in [2.45, 2.75) is 45.4 Å². The molecule has 8 aromatic rings. The Hall–Kier alpha value is -5.46. The van der Waals surface area contributed by atoms with Crippen molar-refractivity contribution < 1.29 is 0 Å². The van der Waals surface area contributed by atoms with Gasteiger partial charge in [0.15, 0.2) is 0 Å². The number of hydrogen-bond acceptors (Lipinski definition) is 0. The highest BCUT2D eigenvalue weighted by Crippen LogP contribution is 2.49. The summed E-state index contributed by atoms with van der Waals surface area (Å²) in [5.74, 6) is 0. The van der Waals surface area contributed by atoms with Crippen molar-refractivity contribution in [2.75, 3.05) is 0 Å². The summed E-state index contributed by atoms with van der Waals surface area (Å²) >= 11 is 0. The van der Waals surface area contributed by atoms with E-state index in [1.807, 2.05) is 0 Å². The minimum absolute atomic E-state index is 0.00791. The molecule has 0 fully saturated rings. The molecule has 0 atom stereocenters. The second-order valence-corrected chi connectivity index (χ2v) is 15.4. The molecule has 0 nitrogen and oxygen atoms in total. The summed E-state index contributed by atoms with van der Waals surface area (Å²) in [5.41, 5.74) is 12.1. The standard InChI is InChI=1S/C49H40/c1-48(2,3)39-28-36-13-9-7-6-8-12-31-16-19-38(29-39)47(36)46(31)37-22-24-41-35(27-37)18-17-34-26-32(20-23-40(34)41)33-21-25-43-42-14-10-11-15-44(42)49(4,5)45(43)30-33/h6-30H,1-5H3. The zero-order valence-electron chi connectivity index (χ0n) is 28.9. The van der Waals surface area contributed by atoms with Crippen LogP contribution in [0, 0.1) is 0 Å². The molecule has 0 heteroatoms. The zero-order chi connectivity index (χ0) is 33.5. The Balaban J connectivity index is 1.17. The molecule has 0 amide bonds. The lowest BCUT2D eigenvalue weighted by Crippen LogP contribution is -2.14. The van der Waals surface area contributed by atoms with Gasteiger partial charge in [-0.3, -0.25) is 0 Å². The van der Waals surface area contributed by atoms with Crippen LogP contribution in [0.3, 0.4) is 0 Å². The molecule has 236 valence electrons. The number of benzene rings is 7. The average molecular weight is 629 g/mol. The lowest BCUT2D eigenvalue weighted by molar-refractivity contribution is 0.591. The van der Waals surface area contributed by atoms with E-state index in [9.17, 15) is 0 Å². The molecule has 0 saturated heterocycles. The first kappa shape index (κ1) is 29.7. The number of fused-ring (bicyclic) bond motifs is 7. The van der Waals surface area contributed by atoms with Gasteiger partial charge in [-0.1, -0.05) is 168 Å². The number of hydrogen-bond donors (Lipinski definition) is 0. The lowest BCUT2D eigenvalue weighted by atomic mass is 9.81. The highest BCUT2D eigenvalue weighted by Gasteiger charge is 2.35. The molecule has 0 aromatic heterocycles. The first-order valence-corrected chi connectivity index (χ1v) is 17.5. The van der Waals surface area contributed by atoms with Crippen LogP contribution in [0.1, 0.15) is 51.3 Å². The van der Waals surface area contributed by atoms with Crippen LogP contribution < -0.4 is 0 Å². The van der Waals surface area contributed by atoms with Crippen molar-refractivity contribution in [1.82, 2.24) is 0 Å². The van der Waals surface area contributed by atoms with E-state index in [1.165, 1.54) is 93.2 Å². The van der Waals surface area contributed by atoms with Crippen LogP contribution in [0.25, 0.3) is 76.5 Å². The summed E-state index contributed by atoms with van der Waals surface area (Å²) in [5, 5.41) is 10.2. The molecule has 0 unspecified atom stereocenters. The first-order chi connectivity index (χ1) is 23.7. The molecule has 2 bridgehead atoms. The van der Waals surface area contributed by atoms with E-state index in [0.717, 1.165) is 0 Å². The van der Waals surface area contributed by atoms with Crippen LogP contribution in [-0.2, 0) is 10.8 Å². The maximum atomic E-state index is 2.42. The molecule has 9 rings (SSSR count). The Morgan fingerprint density at radius 2 is 0.939 bits per heavy atom. The SMILES string of the molecule is CC(C)(C)c1cc2ccccccc3ccc(c1)c2c3-c1ccc2c(ccc3cc(-c4ccc5c(c4)C(C)(C)c4ccccc4-5)ccc32)c1. The monoisotopic (exact) mass is 628 g/mol. The van der Waals surface area contributed by atoms with Gasteiger partial charge >= 0.3 is 0 Å². The normalized spacial score (nSPS) is 13.6. The van der Waals surface area contributed by atoms with Crippen molar-refractivity contribution in [2.24, 2.45) is 0 Å². The van der Waals surface area contributed by atoms with E-state index in [4.69, 9.17) is 0 Å². The number of rotatable bonds is 2. The van der Waals surface area contributed by atoms with Gasteiger partial charge in [-0.05, 0) is 117 Å². The van der Waals surface area contributed by atoms with Crippen LogP contribution in [0.5, 0.6) is 0 Å². The highest BCUT2D eigenvalue weighted by molar-refractivity contribution is 6.16. The van der Waals surface area contributed by atoms with Crippen LogP contribution >= 0.6 is 0 Å². The Morgan fingerprint density at radius 1 is 0.408 bits per heavy atom. The Kier molecular flexibility index (Phi) is 6.52. The van der Waals surface area contributed by atoms with E-state index < -0.39 is 0 Å². The molecule has 1 aliphatic rings. The van der Waals surface area contributed by atoms with Gasteiger partial charge < -0.3 is 0 Å². The second-order valence-electron chi connectivity index (χ2n) is 15.4. The van der Waals surface area contributed by atoms with Crippen LogP contribution in [0.2, 0.25) is 0 Å². The van der Waals surface area contributed by atoms with Gasteiger partial charge in [-0.2, -0.15) is 0 Å². The third kappa shape index (κ3) is 4.73.